The summed E-state index contributed by atoms with van der Waals surface area (Å²) in [5, 5.41) is 3.16. The molecule has 1 N–H and O–H groups in total. The zero-order valence-electron chi connectivity index (χ0n) is 8.71. The monoisotopic (exact) mass is 245 g/mol. The average Bonchev–Trinajstić information content (AvgIpc) is 2.41. The van der Waals surface area contributed by atoms with Crippen molar-refractivity contribution in [2.75, 3.05) is 18.1 Å². The maximum atomic E-state index is 13.0. The third-order valence-corrected chi connectivity index (χ3v) is 4.03. The van der Waals surface area contributed by atoms with Crippen LogP contribution in [0.3, 0.4) is 0 Å². The Hall–Kier alpha value is -0.810. The molecule has 1 saturated heterocycles. The van der Waals surface area contributed by atoms with Crippen LogP contribution in [0.4, 0.5) is 8.78 Å². The van der Waals surface area contributed by atoms with Crippen molar-refractivity contribution in [2.24, 2.45) is 0 Å². The summed E-state index contributed by atoms with van der Waals surface area (Å²) in [5.74, 6) is -0.108. The molecule has 0 spiro atoms. The van der Waals surface area contributed by atoms with Gasteiger partial charge in [0.05, 0.1) is 0 Å². The fourth-order valence-corrected chi connectivity index (χ4v) is 3.14. The van der Waals surface area contributed by atoms with Crippen molar-refractivity contribution < 1.29 is 13.0 Å². The van der Waals surface area contributed by atoms with Gasteiger partial charge in [-0.15, -0.1) is 0 Å². The van der Waals surface area contributed by atoms with E-state index in [2.05, 4.69) is 5.32 Å². The second-order valence-corrected chi connectivity index (χ2v) is 5.49. The molecule has 88 valence electrons. The van der Waals surface area contributed by atoms with Crippen molar-refractivity contribution in [3.05, 3.63) is 35.4 Å². The van der Waals surface area contributed by atoms with E-state index in [1.165, 1.54) is 12.1 Å². The smallest absolute Gasteiger partial charge is 0.126 e. The molecule has 1 aliphatic rings. The van der Waals surface area contributed by atoms with Crippen molar-refractivity contribution in [1.29, 1.82) is 0 Å². The number of benzene rings is 1. The van der Waals surface area contributed by atoms with E-state index >= 15 is 0 Å². The predicted molar refractivity (Wildman–Crippen MR) is 59.6 cm³/mol. The van der Waals surface area contributed by atoms with Gasteiger partial charge in [0.1, 0.15) is 11.6 Å². The van der Waals surface area contributed by atoms with Gasteiger partial charge in [-0.3, -0.25) is 4.21 Å². The predicted octanol–water partition coefficient (Wildman–Crippen LogP) is 1.75. The van der Waals surface area contributed by atoms with Crippen LogP contribution in [0.5, 0.6) is 0 Å². The van der Waals surface area contributed by atoms with Crippen molar-refractivity contribution in [2.45, 2.75) is 12.5 Å². The Morgan fingerprint density at radius 3 is 2.62 bits per heavy atom. The standard InChI is InChI=1S/C11H13F2NOS/c12-9-4-8(5-10(13)6-9)11-7-16(15)3-1-2-14-11/h4-6,11,14H,1-3,7H2. The van der Waals surface area contributed by atoms with Gasteiger partial charge in [-0.25, -0.2) is 8.78 Å². The SMILES string of the molecule is O=S1CCCNC(c2cc(F)cc(F)c2)C1. The molecule has 1 aromatic rings. The van der Waals surface area contributed by atoms with Crippen LogP contribution in [0.25, 0.3) is 0 Å². The van der Waals surface area contributed by atoms with Crippen molar-refractivity contribution in [3.63, 3.8) is 0 Å². The molecule has 5 heteroatoms. The highest BCUT2D eigenvalue weighted by Crippen LogP contribution is 2.19. The fraction of sp³-hybridized carbons (Fsp3) is 0.455. The van der Waals surface area contributed by atoms with Gasteiger partial charge in [-0.2, -0.15) is 0 Å². The molecular formula is C11H13F2NOS. The minimum atomic E-state index is -0.909. The summed E-state index contributed by atoms with van der Waals surface area (Å²) in [6.45, 7) is 0.731. The first kappa shape index (κ1) is 11.7. The quantitative estimate of drug-likeness (QED) is 0.816. The summed E-state index contributed by atoms with van der Waals surface area (Å²) < 4.78 is 37.6. The van der Waals surface area contributed by atoms with Crippen LogP contribution < -0.4 is 5.32 Å². The third-order valence-electron chi connectivity index (χ3n) is 2.58. The van der Waals surface area contributed by atoms with E-state index in [1.54, 1.807) is 0 Å². The summed E-state index contributed by atoms with van der Waals surface area (Å²) in [5.41, 5.74) is 0.535. The molecule has 0 bridgehead atoms. The lowest BCUT2D eigenvalue weighted by atomic mass is 10.1. The Bertz CT molecular complexity index is 391. The molecule has 1 aromatic carbocycles. The Labute approximate surface area is 95.5 Å². The Morgan fingerprint density at radius 1 is 1.25 bits per heavy atom. The average molecular weight is 245 g/mol. The lowest BCUT2D eigenvalue weighted by molar-refractivity contribution is 0.552. The van der Waals surface area contributed by atoms with E-state index in [9.17, 15) is 13.0 Å². The van der Waals surface area contributed by atoms with Crippen LogP contribution in [-0.4, -0.2) is 22.3 Å². The Kier molecular flexibility index (Phi) is 3.66. The highest BCUT2D eigenvalue weighted by molar-refractivity contribution is 7.85. The first-order chi connectivity index (χ1) is 7.65. The van der Waals surface area contributed by atoms with Gasteiger partial charge in [0.15, 0.2) is 0 Å². The summed E-state index contributed by atoms with van der Waals surface area (Å²) in [4.78, 5) is 0. The number of nitrogens with one attached hydrogen (secondary N) is 1. The molecule has 1 heterocycles. The molecule has 2 atom stereocenters. The van der Waals surface area contributed by atoms with E-state index in [0.717, 1.165) is 19.0 Å². The molecular weight excluding hydrogens is 232 g/mol. The number of rotatable bonds is 1. The van der Waals surface area contributed by atoms with E-state index < -0.39 is 22.4 Å². The lowest BCUT2D eigenvalue weighted by Crippen LogP contribution is -2.24. The summed E-state index contributed by atoms with van der Waals surface area (Å²) in [7, 11) is -0.909. The van der Waals surface area contributed by atoms with Crippen LogP contribution in [0.15, 0.2) is 18.2 Å². The van der Waals surface area contributed by atoms with E-state index in [-0.39, 0.29) is 6.04 Å². The van der Waals surface area contributed by atoms with Gasteiger partial charge >= 0.3 is 0 Å². The first-order valence-electron chi connectivity index (χ1n) is 5.19. The fourth-order valence-electron chi connectivity index (χ4n) is 1.83. The largest absolute Gasteiger partial charge is 0.309 e. The molecule has 0 amide bonds. The molecule has 16 heavy (non-hydrogen) atoms. The molecule has 2 nitrogen and oxygen atoms in total. The van der Waals surface area contributed by atoms with Crippen LogP contribution in [0, 0.1) is 11.6 Å². The van der Waals surface area contributed by atoms with Gasteiger partial charge < -0.3 is 5.32 Å². The van der Waals surface area contributed by atoms with E-state index in [0.29, 0.717) is 17.1 Å². The topological polar surface area (TPSA) is 29.1 Å². The molecule has 0 radical (unpaired) electrons. The minimum Gasteiger partial charge on any atom is -0.309 e. The summed E-state index contributed by atoms with van der Waals surface area (Å²) >= 11 is 0. The zero-order valence-corrected chi connectivity index (χ0v) is 9.53. The minimum absolute atomic E-state index is 0.214. The van der Waals surface area contributed by atoms with Crippen LogP contribution >= 0.6 is 0 Å². The van der Waals surface area contributed by atoms with Crippen molar-refractivity contribution >= 4 is 10.8 Å². The van der Waals surface area contributed by atoms with Gasteiger partial charge in [0.25, 0.3) is 0 Å². The lowest BCUT2D eigenvalue weighted by Gasteiger charge is -2.15. The van der Waals surface area contributed by atoms with Crippen LogP contribution in [0.2, 0.25) is 0 Å². The van der Waals surface area contributed by atoms with Gasteiger partial charge in [-0.1, -0.05) is 0 Å². The zero-order chi connectivity index (χ0) is 11.5. The molecule has 0 aliphatic carbocycles. The van der Waals surface area contributed by atoms with Crippen LogP contribution in [-0.2, 0) is 10.8 Å². The summed E-state index contributed by atoms with van der Waals surface area (Å²) in [6.07, 6.45) is 0.834. The number of hydrogen-bond donors (Lipinski definition) is 1. The molecule has 1 fully saturated rings. The molecule has 2 rings (SSSR count). The van der Waals surface area contributed by atoms with E-state index in [4.69, 9.17) is 0 Å². The first-order valence-corrected chi connectivity index (χ1v) is 6.68. The van der Waals surface area contributed by atoms with E-state index in [1.807, 2.05) is 0 Å². The second-order valence-electron chi connectivity index (χ2n) is 3.87. The molecule has 0 aromatic heterocycles. The van der Waals surface area contributed by atoms with Gasteiger partial charge in [-0.05, 0) is 30.7 Å². The Balaban J connectivity index is 2.24. The number of halogens is 2. The maximum Gasteiger partial charge on any atom is 0.126 e. The summed E-state index contributed by atoms with van der Waals surface area (Å²) in [6, 6.07) is 3.22. The maximum absolute atomic E-state index is 13.0. The van der Waals surface area contributed by atoms with Gasteiger partial charge in [0.2, 0.25) is 0 Å². The second kappa shape index (κ2) is 5.01. The highest BCUT2D eigenvalue weighted by Gasteiger charge is 2.18. The molecule has 2 unspecified atom stereocenters. The number of hydrogen-bond acceptors (Lipinski definition) is 2. The normalized spacial score (nSPS) is 26.4. The van der Waals surface area contributed by atoms with Crippen molar-refractivity contribution in [1.82, 2.24) is 5.32 Å². The third kappa shape index (κ3) is 2.86. The highest BCUT2D eigenvalue weighted by atomic mass is 32.2. The molecule has 1 aliphatic heterocycles. The Morgan fingerprint density at radius 2 is 1.94 bits per heavy atom. The van der Waals surface area contributed by atoms with Gasteiger partial charge in [0, 0.05) is 34.4 Å². The van der Waals surface area contributed by atoms with Crippen molar-refractivity contribution in [3.8, 4) is 0 Å². The van der Waals surface area contributed by atoms with Crippen LogP contribution in [0.1, 0.15) is 18.0 Å². The molecule has 0 saturated carbocycles.